The third-order valence-corrected chi connectivity index (χ3v) is 5.36. The van der Waals surface area contributed by atoms with Gasteiger partial charge in [-0.05, 0) is 31.9 Å². The van der Waals surface area contributed by atoms with Gasteiger partial charge in [0.05, 0.1) is 6.67 Å². The monoisotopic (exact) mass is 326 g/mol. The van der Waals surface area contributed by atoms with E-state index in [0.717, 1.165) is 23.1 Å². The minimum atomic E-state index is -0.478. The van der Waals surface area contributed by atoms with Gasteiger partial charge in [0, 0.05) is 30.5 Å². The summed E-state index contributed by atoms with van der Waals surface area (Å²) in [6, 6.07) is 10.1. The van der Waals surface area contributed by atoms with Gasteiger partial charge < -0.3 is 14.8 Å². The number of fused-ring (bicyclic) bond motifs is 1. The van der Waals surface area contributed by atoms with Crippen molar-refractivity contribution in [2.24, 2.45) is 0 Å². The Morgan fingerprint density at radius 1 is 1.25 bits per heavy atom. The molecular formula is C18H22N4O2. The Morgan fingerprint density at radius 2 is 2.00 bits per heavy atom. The number of piperidine rings is 1. The van der Waals surface area contributed by atoms with Gasteiger partial charge in [-0.3, -0.25) is 14.9 Å². The number of hydrogen-bond acceptors (Lipinski definition) is 3. The molecule has 0 aliphatic carbocycles. The number of amides is 2. The van der Waals surface area contributed by atoms with Crippen molar-refractivity contribution < 1.29 is 9.59 Å². The van der Waals surface area contributed by atoms with Crippen molar-refractivity contribution in [1.82, 2.24) is 20.1 Å². The molecular weight excluding hydrogens is 304 g/mol. The average Bonchev–Trinajstić information content (AvgIpc) is 3.16. The molecule has 0 saturated carbocycles. The van der Waals surface area contributed by atoms with Crippen LogP contribution in [0.3, 0.4) is 0 Å². The van der Waals surface area contributed by atoms with Crippen molar-refractivity contribution >= 4 is 22.7 Å². The molecule has 0 unspecified atom stereocenters. The molecule has 2 aliphatic heterocycles. The van der Waals surface area contributed by atoms with Crippen molar-refractivity contribution in [2.45, 2.75) is 31.8 Å². The quantitative estimate of drug-likeness (QED) is 0.874. The summed E-state index contributed by atoms with van der Waals surface area (Å²) in [5.41, 5.74) is 1.35. The normalized spacial score (nSPS) is 19.9. The minimum Gasteiger partial charge on any atom is -0.342 e. The number of para-hydroxylation sites is 1. The van der Waals surface area contributed by atoms with Crippen LogP contribution >= 0.6 is 0 Å². The molecule has 1 aromatic heterocycles. The molecule has 2 N–H and O–H groups in total. The predicted molar refractivity (Wildman–Crippen MR) is 91.6 cm³/mol. The number of aryl methyl sites for hydroxylation is 1. The predicted octanol–water partition coefficient (Wildman–Crippen LogP) is 1.31. The molecule has 2 aliphatic rings. The largest absolute Gasteiger partial charge is 0.342 e. The van der Waals surface area contributed by atoms with Crippen molar-refractivity contribution in [3.63, 3.8) is 0 Å². The molecule has 0 radical (unpaired) electrons. The van der Waals surface area contributed by atoms with Crippen LogP contribution in [0.25, 0.3) is 10.9 Å². The summed E-state index contributed by atoms with van der Waals surface area (Å²) in [7, 11) is 0. The number of nitrogens with zero attached hydrogens (tertiary/aromatic N) is 2. The number of aromatic nitrogens is 1. The molecule has 4 rings (SSSR count). The van der Waals surface area contributed by atoms with Crippen LogP contribution in [0, 0.1) is 0 Å². The maximum absolute atomic E-state index is 13.0. The van der Waals surface area contributed by atoms with E-state index >= 15 is 0 Å². The van der Waals surface area contributed by atoms with E-state index in [9.17, 15) is 9.59 Å². The lowest BCUT2D eigenvalue weighted by molar-refractivity contribution is -0.125. The molecule has 1 aromatic carbocycles. The fourth-order valence-electron chi connectivity index (χ4n) is 3.93. The second-order valence-electron chi connectivity index (χ2n) is 6.57. The first-order valence-corrected chi connectivity index (χ1v) is 8.55. The second-order valence-corrected chi connectivity index (χ2v) is 6.57. The lowest BCUT2D eigenvalue weighted by atomic mass is 9.87. The fraction of sp³-hybridized carbons (Fsp3) is 0.444. The van der Waals surface area contributed by atoms with Crippen LogP contribution in [-0.4, -0.2) is 46.6 Å². The Bertz CT molecular complexity index is 802. The fourth-order valence-corrected chi connectivity index (χ4v) is 3.93. The maximum atomic E-state index is 13.0. The molecule has 3 heterocycles. The van der Waals surface area contributed by atoms with E-state index in [2.05, 4.69) is 22.1 Å². The summed E-state index contributed by atoms with van der Waals surface area (Å²) in [6.07, 6.45) is 1.33. The van der Waals surface area contributed by atoms with E-state index in [1.54, 1.807) is 0 Å². The van der Waals surface area contributed by atoms with E-state index in [4.69, 9.17) is 0 Å². The first-order chi connectivity index (χ1) is 11.6. The summed E-state index contributed by atoms with van der Waals surface area (Å²) in [6.45, 7) is 4.55. The summed E-state index contributed by atoms with van der Waals surface area (Å²) in [4.78, 5) is 26.9. The zero-order valence-corrected chi connectivity index (χ0v) is 13.8. The number of nitrogens with one attached hydrogen (secondary N) is 2. The molecule has 6 heteroatoms. The molecule has 1 spiro atoms. The van der Waals surface area contributed by atoms with Crippen LogP contribution in [0.4, 0.5) is 0 Å². The van der Waals surface area contributed by atoms with Crippen molar-refractivity contribution in [1.29, 1.82) is 0 Å². The molecule has 0 atom stereocenters. The molecule has 6 nitrogen and oxygen atoms in total. The smallest absolute Gasteiger partial charge is 0.270 e. The van der Waals surface area contributed by atoms with Crippen LogP contribution in [-0.2, 0) is 11.3 Å². The van der Waals surface area contributed by atoms with E-state index in [1.807, 2.05) is 35.2 Å². The van der Waals surface area contributed by atoms with E-state index in [1.165, 1.54) is 0 Å². The number of benzene rings is 1. The van der Waals surface area contributed by atoms with Crippen LogP contribution < -0.4 is 10.6 Å². The third-order valence-electron chi connectivity index (χ3n) is 5.36. The topological polar surface area (TPSA) is 66.4 Å². The van der Waals surface area contributed by atoms with Gasteiger partial charge in [-0.2, -0.15) is 0 Å². The van der Waals surface area contributed by atoms with Gasteiger partial charge >= 0.3 is 0 Å². The van der Waals surface area contributed by atoms with Gasteiger partial charge in [0.1, 0.15) is 11.2 Å². The Labute approximate surface area is 140 Å². The molecule has 0 bridgehead atoms. The number of likely N-dealkylation sites (tertiary alicyclic amines) is 1. The second kappa shape index (κ2) is 5.63. The first kappa shape index (κ1) is 15.2. The SMILES string of the molecule is CCn1c(C(=O)N2CCC3(CC2)NCNC3=O)cc2ccccc21. The minimum absolute atomic E-state index is 0.0568. The summed E-state index contributed by atoms with van der Waals surface area (Å²) < 4.78 is 2.07. The molecule has 24 heavy (non-hydrogen) atoms. The summed E-state index contributed by atoms with van der Waals surface area (Å²) in [5, 5.41) is 7.19. The molecule has 2 fully saturated rings. The first-order valence-electron chi connectivity index (χ1n) is 8.55. The summed E-state index contributed by atoms with van der Waals surface area (Å²) >= 11 is 0. The van der Waals surface area contributed by atoms with Gasteiger partial charge in [-0.1, -0.05) is 18.2 Å². The molecule has 126 valence electrons. The molecule has 2 aromatic rings. The highest BCUT2D eigenvalue weighted by Crippen LogP contribution is 2.27. The van der Waals surface area contributed by atoms with Crippen molar-refractivity contribution in [3.8, 4) is 0 Å². The van der Waals surface area contributed by atoms with E-state index in [0.29, 0.717) is 32.6 Å². The van der Waals surface area contributed by atoms with Gasteiger partial charge in [-0.25, -0.2) is 0 Å². The average molecular weight is 326 g/mol. The highest BCUT2D eigenvalue weighted by Gasteiger charge is 2.45. The highest BCUT2D eigenvalue weighted by molar-refractivity contribution is 5.99. The maximum Gasteiger partial charge on any atom is 0.270 e. The zero-order chi connectivity index (χ0) is 16.7. The van der Waals surface area contributed by atoms with Gasteiger partial charge in [-0.15, -0.1) is 0 Å². The van der Waals surface area contributed by atoms with Crippen LogP contribution in [0.5, 0.6) is 0 Å². The summed E-state index contributed by atoms with van der Waals surface area (Å²) in [5.74, 6) is 0.124. The Kier molecular flexibility index (Phi) is 3.57. The van der Waals surface area contributed by atoms with Gasteiger partial charge in [0.25, 0.3) is 5.91 Å². The van der Waals surface area contributed by atoms with E-state index in [-0.39, 0.29) is 11.8 Å². The standard InChI is InChI=1S/C18H22N4O2/c1-2-22-14-6-4-3-5-13(14)11-15(22)16(23)21-9-7-18(8-10-21)17(24)19-12-20-18/h3-6,11,20H,2,7-10,12H2,1H3,(H,19,24). The lowest BCUT2D eigenvalue weighted by Crippen LogP contribution is -2.55. The number of rotatable bonds is 2. The van der Waals surface area contributed by atoms with E-state index < -0.39 is 5.54 Å². The van der Waals surface area contributed by atoms with Crippen molar-refractivity contribution in [3.05, 3.63) is 36.0 Å². The van der Waals surface area contributed by atoms with Crippen LogP contribution in [0.1, 0.15) is 30.3 Å². The number of carbonyl (C=O) groups is 2. The molecule has 2 saturated heterocycles. The lowest BCUT2D eigenvalue weighted by Gasteiger charge is -2.37. The number of carbonyl (C=O) groups excluding carboxylic acids is 2. The molecule has 2 amide bonds. The third kappa shape index (κ3) is 2.21. The highest BCUT2D eigenvalue weighted by atomic mass is 16.2. The Morgan fingerprint density at radius 3 is 2.67 bits per heavy atom. The van der Waals surface area contributed by atoms with Gasteiger partial charge in [0.2, 0.25) is 5.91 Å². The van der Waals surface area contributed by atoms with Gasteiger partial charge in [0.15, 0.2) is 0 Å². The van der Waals surface area contributed by atoms with Crippen LogP contribution in [0.2, 0.25) is 0 Å². The van der Waals surface area contributed by atoms with Crippen LogP contribution in [0.15, 0.2) is 30.3 Å². The van der Waals surface area contributed by atoms with Crippen molar-refractivity contribution in [2.75, 3.05) is 19.8 Å². The zero-order valence-electron chi connectivity index (χ0n) is 13.8. The Balaban J connectivity index is 1.58. The number of hydrogen-bond donors (Lipinski definition) is 2. The Hall–Kier alpha value is -2.34.